The van der Waals surface area contributed by atoms with Gasteiger partial charge in [-0.05, 0) is 74.3 Å². The summed E-state index contributed by atoms with van der Waals surface area (Å²) in [6, 6.07) is 49.2. The fourth-order valence-electron chi connectivity index (χ4n) is 6.08. The minimum absolute atomic E-state index is 0.613. The first kappa shape index (κ1) is 24.8. The summed E-state index contributed by atoms with van der Waals surface area (Å²) in [7, 11) is 0. The molecule has 0 N–H and O–H groups in total. The Balaban J connectivity index is 1.56. The fraction of sp³-hybridized carbons (Fsp3) is 0. The Hall–Kier alpha value is -6.21. The molecule has 0 saturated heterocycles. The Morgan fingerprint density at radius 2 is 0.619 bits per heavy atom. The number of hydrogen-bond acceptors (Lipinski definition) is 3. The van der Waals surface area contributed by atoms with Gasteiger partial charge in [-0.15, -0.1) is 0 Å². The zero-order valence-electron chi connectivity index (χ0n) is 22.5. The van der Waals surface area contributed by atoms with Crippen LogP contribution in [0.1, 0.15) is 16.7 Å². The van der Waals surface area contributed by atoms with Crippen molar-refractivity contribution < 1.29 is 0 Å². The highest BCUT2D eigenvalue weighted by molar-refractivity contribution is 6.02. The van der Waals surface area contributed by atoms with Crippen molar-refractivity contribution in [1.82, 2.24) is 0 Å². The first-order valence-corrected chi connectivity index (χ1v) is 13.6. The Kier molecular flexibility index (Phi) is 5.95. The summed E-state index contributed by atoms with van der Waals surface area (Å²) in [5.74, 6) is 0. The van der Waals surface area contributed by atoms with E-state index in [1.807, 2.05) is 91.0 Å². The summed E-state index contributed by atoms with van der Waals surface area (Å²) in [6.45, 7) is 0. The molecule has 192 valence electrons. The number of fused-ring (bicyclic) bond motifs is 3. The number of nitrogens with zero attached hydrogens (tertiary/aromatic N) is 3. The maximum atomic E-state index is 10.1. The summed E-state index contributed by atoms with van der Waals surface area (Å²) in [6.07, 6.45) is 0. The van der Waals surface area contributed by atoms with E-state index < -0.39 is 0 Å². The van der Waals surface area contributed by atoms with Gasteiger partial charge in [0.1, 0.15) is 0 Å². The molecule has 42 heavy (non-hydrogen) atoms. The van der Waals surface area contributed by atoms with Gasteiger partial charge in [-0.3, -0.25) is 0 Å². The third-order valence-electron chi connectivity index (χ3n) is 7.99. The molecule has 0 saturated carbocycles. The van der Waals surface area contributed by atoms with Crippen LogP contribution in [0, 0.1) is 34.0 Å². The molecule has 3 nitrogen and oxygen atoms in total. The predicted molar refractivity (Wildman–Crippen MR) is 167 cm³/mol. The minimum Gasteiger partial charge on any atom is -0.192 e. The van der Waals surface area contributed by atoms with Crippen molar-refractivity contribution >= 4 is 0 Å². The van der Waals surface area contributed by atoms with Gasteiger partial charge < -0.3 is 0 Å². The van der Waals surface area contributed by atoms with E-state index in [-0.39, 0.29) is 0 Å². The molecule has 3 heteroatoms. The lowest BCUT2D eigenvalue weighted by Crippen LogP contribution is -1.88. The highest BCUT2D eigenvalue weighted by Crippen LogP contribution is 2.48. The molecule has 0 amide bonds. The zero-order valence-corrected chi connectivity index (χ0v) is 22.5. The first-order valence-electron chi connectivity index (χ1n) is 13.6. The maximum absolute atomic E-state index is 10.1. The molecule has 0 atom stereocenters. The molecule has 6 aliphatic carbocycles. The number of benzene rings is 1. The van der Waals surface area contributed by atoms with Crippen LogP contribution >= 0.6 is 0 Å². The van der Waals surface area contributed by atoms with Crippen LogP contribution in [0.3, 0.4) is 0 Å². The van der Waals surface area contributed by atoms with E-state index in [9.17, 15) is 15.8 Å². The number of nitriles is 3. The standard InChI is InChI=1S/C39H21N3/c40-22-26-19-36(32-13-7-1-4-10-29(26)32)25-16-17-35(37-20-27(23-41)30-11-5-2-8-14-33(30)37)38(18-25)39-21-28(24-42)31-12-6-3-9-15-34(31)39/h1-21H. The summed E-state index contributed by atoms with van der Waals surface area (Å²) in [5.41, 5.74) is 13.3. The van der Waals surface area contributed by atoms with Crippen LogP contribution in [-0.4, -0.2) is 0 Å². The summed E-state index contributed by atoms with van der Waals surface area (Å²) in [5, 5.41) is 30.0. The Labute approximate surface area is 244 Å². The van der Waals surface area contributed by atoms with Crippen molar-refractivity contribution in [2.24, 2.45) is 0 Å². The van der Waals surface area contributed by atoms with Gasteiger partial charge in [0.25, 0.3) is 0 Å². The Morgan fingerprint density at radius 1 is 0.286 bits per heavy atom. The minimum atomic E-state index is 0.613. The zero-order chi connectivity index (χ0) is 28.6. The van der Waals surface area contributed by atoms with Crippen molar-refractivity contribution in [3.8, 4) is 85.0 Å². The highest BCUT2D eigenvalue weighted by atomic mass is 14.3. The van der Waals surface area contributed by atoms with Gasteiger partial charge in [0.15, 0.2) is 0 Å². The van der Waals surface area contributed by atoms with Crippen LogP contribution in [-0.2, 0) is 0 Å². The fourth-order valence-corrected chi connectivity index (χ4v) is 6.08. The average Bonchev–Trinajstić information content (AvgIpc) is 3.38. The van der Waals surface area contributed by atoms with E-state index in [0.29, 0.717) is 16.7 Å². The van der Waals surface area contributed by atoms with Crippen LogP contribution in [0.4, 0.5) is 0 Å². The molecule has 0 bridgehead atoms. The van der Waals surface area contributed by atoms with Crippen molar-refractivity contribution in [2.75, 3.05) is 0 Å². The van der Waals surface area contributed by atoms with E-state index in [1.165, 1.54) is 0 Å². The van der Waals surface area contributed by atoms with Crippen LogP contribution in [0.25, 0.3) is 66.8 Å². The third kappa shape index (κ3) is 3.88. The SMILES string of the molecule is N#Cc1cc(-c2ccc(-c3cc(C#N)c4cccccc3-4)c(-c3cc(C#N)c4cccccc3-4)c2)c2cccccc1-2. The van der Waals surface area contributed by atoms with Crippen molar-refractivity contribution in [2.45, 2.75) is 0 Å². The molecule has 0 aromatic heterocycles. The molecule has 0 spiro atoms. The van der Waals surface area contributed by atoms with E-state index in [1.54, 1.807) is 0 Å². The van der Waals surface area contributed by atoms with Crippen molar-refractivity contribution in [1.29, 1.82) is 15.8 Å². The van der Waals surface area contributed by atoms with Gasteiger partial charge >= 0.3 is 0 Å². The monoisotopic (exact) mass is 531 g/mol. The second-order valence-electron chi connectivity index (χ2n) is 10.2. The van der Waals surface area contributed by atoms with E-state index in [2.05, 4.69) is 54.6 Å². The molecule has 6 aliphatic rings. The predicted octanol–water partition coefficient (Wildman–Crippen LogP) is 9.62. The van der Waals surface area contributed by atoms with E-state index >= 15 is 0 Å². The van der Waals surface area contributed by atoms with Crippen LogP contribution in [0.2, 0.25) is 0 Å². The normalized spacial score (nSPS) is 10.8. The van der Waals surface area contributed by atoms with E-state index in [4.69, 9.17) is 0 Å². The Bertz CT molecular complexity index is 2180. The molecule has 0 aliphatic heterocycles. The number of hydrogen-bond donors (Lipinski definition) is 0. The van der Waals surface area contributed by atoms with Crippen molar-refractivity contribution in [3.63, 3.8) is 0 Å². The smallest absolute Gasteiger partial charge is 0.0998 e. The van der Waals surface area contributed by atoms with Gasteiger partial charge in [-0.25, -0.2) is 0 Å². The third-order valence-corrected chi connectivity index (χ3v) is 7.99. The maximum Gasteiger partial charge on any atom is 0.0998 e. The van der Waals surface area contributed by atoms with Gasteiger partial charge in [-0.1, -0.05) is 103 Å². The van der Waals surface area contributed by atoms with Crippen LogP contribution < -0.4 is 0 Å². The van der Waals surface area contributed by atoms with Crippen molar-refractivity contribution in [3.05, 3.63) is 144 Å². The molecule has 0 heterocycles. The second kappa shape index (κ2) is 10.1. The summed E-state index contributed by atoms with van der Waals surface area (Å²) < 4.78 is 0. The molecule has 1 aromatic rings. The molecule has 0 radical (unpaired) electrons. The molecular formula is C39H21N3. The average molecular weight is 532 g/mol. The largest absolute Gasteiger partial charge is 0.192 e. The molecule has 0 unspecified atom stereocenters. The summed E-state index contributed by atoms with van der Waals surface area (Å²) in [4.78, 5) is 0. The molecule has 1 aromatic carbocycles. The molecule has 0 fully saturated rings. The summed E-state index contributed by atoms with van der Waals surface area (Å²) >= 11 is 0. The highest BCUT2D eigenvalue weighted by Gasteiger charge is 2.24. The lowest BCUT2D eigenvalue weighted by atomic mass is 9.89. The second-order valence-corrected chi connectivity index (χ2v) is 10.2. The first-order chi connectivity index (χ1) is 20.7. The topological polar surface area (TPSA) is 71.4 Å². The van der Waals surface area contributed by atoms with Gasteiger partial charge in [0.05, 0.1) is 34.9 Å². The molecular weight excluding hydrogens is 510 g/mol. The van der Waals surface area contributed by atoms with Crippen LogP contribution in [0.5, 0.6) is 0 Å². The molecule has 7 rings (SSSR count). The lowest BCUT2D eigenvalue weighted by molar-refractivity contribution is 1.50. The van der Waals surface area contributed by atoms with Crippen LogP contribution in [0.15, 0.2) is 127 Å². The Morgan fingerprint density at radius 3 is 1.07 bits per heavy atom. The quantitative estimate of drug-likeness (QED) is 0.228. The van der Waals surface area contributed by atoms with Gasteiger partial charge in [0, 0.05) is 16.7 Å². The number of rotatable bonds is 3. The van der Waals surface area contributed by atoms with Gasteiger partial charge in [-0.2, -0.15) is 15.8 Å². The van der Waals surface area contributed by atoms with E-state index in [0.717, 1.165) is 66.8 Å². The lowest BCUT2D eigenvalue weighted by Gasteiger charge is -2.14. The van der Waals surface area contributed by atoms with Gasteiger partial charge in [0.2, 0.25) is 0 Å².